The molecule has 0 aromatic carbocycles. The van der Waals surface area contributed by atoms with Crippen LogP contribution in [-0.2, 0) is 11.2 Å². The van der Waals surface area contributed by atoms with Crippen LogP contribution >= 0.6 is 0 Å². The van der Waals surface area contributed by atoms with Gasteiger partial charge in [0.1, 0.15) is 0 Å². The van der Waals surface area contributed by atoms with Crippen molar-refractivity contribution in [3.63, 3.8) is 0 Å². The van der Waals surface area contributed by atoms with Crippen LogP contribution in [0.15, 0.2) is 4.52 Å². The van der Waals surface area contributed by atoms with E-state index < -0.39 is 11.4 Å². The minimum atomic E-state index is -0.740. The van der Waals surface area contributed by atoms with E-state index in [2.05, 4.69) is 10.1 Å². The van der Waals surface area contributed by atoms with E-state index in [0.29, 0.717) is 31.0 Å². The van der Waals surface area contributed by atoms with Gasteiger partial charge in [0.05, 0.1) is 5.41 Å². The van der Waals surface area contributed by atoms with E-state index in [1.807, 2.05) is 0 Å². The molecular formula is C10H14N2O3. The minimum absolute atomic E-state index is 0.364. The van der Waals surface area contributed by atoms with Gasteiger partial charge in [-0.15, -0.1) is 0 Å². The number of rotatable bonds is 3. The van der Waals surface area contributed by atoms with Crippen molar-refractivity contribution in [1.82, 2.24) is 10.1 Å². The first-order valence-electron chi connectivity index (χ1n) is 5.15. The van der Waals surface area contributed by atoms with Crippen LogP contribution in [0.3, 0.4) is 0 Å². The van der Waals surface area contributed by atoms with Gasteiger partial charge in [0, 0.05) is 6.42 Å². The van der Waals surface area contributed by atoms with Gasteiger partial charge in [0.15, 0.2) is 5.82 Å². The highest BCUT2D eigenvalue weighted by Crippen LogP contribution is 2.40. The lowest BCUT2D eigenvalue weighted by atomic mass is 9.83. The summed E-state index contributed by atoms with van der Waals surface area (Å²) in [5.74, 6) is 0.260. The number of carbonyl (C=O) groups is 1. The standard InChI is InChI=1S/C10H14N2O3/c1-7-11-8(15-12-7)6-10(9(13)14)4-2-3-5-10/h2-6H2,1H3,(H,13,14). The smallest absolute Gasteiger partial charge is 0.310 e. The molecule has 1 aromatic rings. The lowest BCUT2D eigenvalue weighted by molar-refractivity contribution is -0.148. The molecule has 1 aliphatic carbocycles. The van der Waals surface area contributed by atoms with Gasteiger partial charge in [0.25, 0.3) is 0 Å². The molecule has 1 fully saturated rings. The number of carboxylic acid groups (broad SMARTS) is 1. The minimum Gasteiger partial charge on any atom is -0.481 e. The molecule has 1 aromatic heterocycles. The summed E-state index contributed by atoms with van der Waals surface area (Å²) in [6, 6.07) is 0. The number of hydrogen-bond donors (Lipinski definition) is 1. The van der Waals surface area contributed by atoms with Crippen molar-refractivity contribution in [1.29, 1.82) is 0 Å². The first-order chi connectivity index (χ1) is 7.12. The highest BCUT2D eigenvalue weighted by molar-refractivity contribution is 5.75. The average molecular weight is 210 g/mol. The van der Waals surface area contributed by atoms with E-state index in [0.717, 1.165) is 12.8 Å². The van der Waals surface area contributed by atoms with E-state index in [4.69, 9.17) is 4.52 Å². The van der Waals surface area contributed by atoms with E-state index >= 15 is 0 Å². The van der Waals surface area contributed by atoms with E-state index in [1.165, 1.54) is 0 Å². The Labute approximate surface area is 87.5 Å². The molecule has 5 nitrogen and oxygen atoms in total. The van der Waals surface area contributed by atoms with Crippen LogP contribution in [0.4, 0.5) is 0 Å². The van der Waals surface area contributed by atoms with Gasteiger partial charge in [-0.3, -0.25) is 4.79 Å². The zero-order valence-corrected chi connectivity index (χ0v) is 8.69. The molecule has 0 aliphatic heterocycles. The second-order valence-corrected chi connectivity index (χ2v) is 4.20. The fourth-order valence-electron chi connectivity index (χ4n) is 2.22. The van der Waals surface area contributed by atoms with Gasteiger partial charge in [-0.1, -0.05) is 18.0 Å². The average Bonchev–Trinajstić information content (AvgIpc) is 2.77. The first kappa shape index (κ1) is 10.1. The molecule has 0 amide bonds. The Morgan fingerprint density at radius 3 is 2.67 bits per heavy atom. The number of aliphatic carboxylic acids is 1. The fraction of sp³-hybridized carbons (Fsp3) is 0.700. The molecule has 15 heavy (non-hydrogen) atoms. The first-order valence-corrected chi connectivity index (χ1v) is 5.15. The maximum absolute atomic E-state index is 11.2. The highest BCUT2D eigenvalue weighted by Gasteiger charge is 2.42. The molecule has 1 aliphatic rings. The molecule has 1 saturated carbocycles. The zero-order valence-electron chi connectivity index (χ0n) is 8.69. The zero-order chi connectivity index (χ0) is 10.9. The second kappa shape index (κ2) is 3.64. The quantitative estimate of drug-likeness (QED) is 0.819. The van der Waals surface area contributed by atoms with Crippen LogP contribution in [0.2, 0.25) is 0 Å². The molecule has 0 spiro atoms. The van der Waals surface area contributed by atoms with Gasteiger partial charge in [-0.25, -0.2) is 0 Å². The van der Waals surface area contributed by atoms with Crippen molar-refractivity contribution in [2.75, 3.05) is 0 Å². The van der Waals surface area contributed by atoms with Crippen LogP contribution in [0.1, 0.15) is 37.4 Å². The maximum Gasteiger partial charge on any atom is 0.310 e. The monoisotopic (exact) mass is 210 g/mol. The normalized spacial score (nSPS) is 19.3. The molecule has 0 bridgehead atoms. The van der Waals surface area contributed by atoms with Crippen molar-refractivity contribution < 1.29 is 14.4 Å². The summed E-state index contributed by atoms with van der Waals surface area (Å²) in [6.45, 7) is 1.73. The Bertz CT molecular complexity index is 366. The van der Waals surface area contributed by atoms with Crippen LogP contribution in [0, 0.1) is 12.3 Å². The third-order valence-electron chi connectivity index (χ3n) is 3.07. The van der Waals surface area contributed by atoms with Crippen molar-refractivity contribution in [3.8, 4) is 0 Å². The summed E-state index contributed by atoms with van der Waals surface area (Å²) in [5, 5.41) is 12.9. The second-order valence-electron chi connectivity index (χ2n) is 4.20. The molecule has 0 saturated heterocycles. The van der Waals surface area contributed by atoms with Crippen LogP contribution in [0.5, 0.6) is 0 Å². The third-order valence-corrected chi connectivity index (χ3v) is 3.07. The largest absolute Gasteiger partial charge is 0.481 e. The van der Waals surface area contributed by atoms with Gasteiger partial charge < -0.3 is 9.63 Å². The number of carboxylic acids is 1. The number of aryl methyl sites for hydroxylation is 1. The Morgan fingerprint density at radius 1 is 1.53 bits per heavy atom. The predicted molar refractivity (Wildman–Crippen MR) is 51.3 cm³/mol. The van der Waals surface area contributed by atoms with E-state index in [1.54, 1.807) is 6.92 Å². The molecule has 1 N–H and O–H groups in total. The predicted octanol–water partition coefficient (Wildman–Crippen LogP) is 1.57. The van der Waals surface area contributed by atoms with Gasteiger partial charge >= 0.3 is 5.97 Å². The molecule has 82 valence electrons. The Morgan fingerprint density at radius 2 is 2.20 bits per heavy atom. The molecule has 1 heterocycles. The van der Waals surface area contributed by atoms with Crippen molar-refractivity contribution in [2.45, 2.75) is 39.0 Å². The van der Waals surface area contributed by atoms with E-state index in [9.17, 15) is 9.90 Å². The highest BCUT2D eigenvalue weighted by atomic mass is 16.5. The maximum atomic E-state index is 11.2. The molecule has 0 unspecified atom stereocenters. The Balaban J connectivity index is 2.17. The van der Waals surface area contributed by atoms with Crippen LogP contribution in [-0.4, -0.2) is 21.2 Å². The molecule has 0 radical (unpaired) electrons. The molecule has 0 atom stereocenters. The van der Waals surface area contributed by atoms with E-state index in [-0.39, 0.29) is 0 Å². The molecule has 5 heteroatoms. The van der Waals surface area contributed by atoms with Crippen molar-refractivity contribution in [3.05, 3.63) is 11.7 Å². The van der Waals surface area contributed by atoms with Gasteiger partial charge in [-0.05, 0) is 19.8 Å². The summed E-state index contributed by atoms with van der Waals surface area (Å²) < 4.78 is 4.98. The van der Waals surface area contributed by atoms with Gasteiger partial charge in [-0.2, -0.15) is 4.98 Å². The summed E-state index contributed by atoms with van der Waals surface area (Å²) in [5.41, 5.74) is -0.668. The Hall–Kier alpha value is -1.39. The molecular weight excluding hydrogens is 196 g/mol. The lowest BCUT2D eigenvalue weighted by Gasteiger charge is -2.21. The summed E-state index contributed by atoms with van der Waals surface area (Å²) in [7, 11) is 0. The number of hydrogen-bond acceptors (Lipinski definition) is 4. The third kappa shape index (κ3) is 1.86. The SMILES string of the molecule is Cc1noc(CC2(C(=O)O)CCCC2)n1. The lowest BCUT2D eigenvalue weighted by Crippen LogP contribution is -2.30. The number of aromatic nitrogens is 2. The van der Waals surface area contributed by atoms with Crippen LogP contribution < -0.4 is 0 Å². The topological polar surface area (TPSA) is 76.2 Å². The molecule has 2 rings (SSSR count). The summed E-state index contributed by atoms with van der Waals surface area (Å²) in [4.78, 5) is 15.3. The van der Waals surface area contributed by atoms with Gasteiger partial charge in [0.2, 0.25) is 5.89 Å². The summed E-state index contributed by atoms with van der Waals surface area (Å²) >= 11 is 0. The fourth-order valence-corrected chi connectivity index (χ4v) is 2.22. The Kier molecular flexibility index (Phi) is 2.46. The van der Waals surface area contributed by atoms with Crippen LogP contribution in [0.25, 0.3) is 0 Å². The van der Waals surface area contributed by atoms with Crippen molar-refractivity contribution >= 4 is 5.97 Å². The van der Waals surface area contributed by atoms with Crippen molar-refractivity contribution in [2.24, 2.45) is 5.41 Å². The summed E-state index contributed by atoms with van der Waals surface area (Å²) in [6.07, 6.45) is 3.73. The number of nitrogens with zero attached hydrogens (tertiary/aromatic N) is 2.